The molecule has 4 heteroatoms. The number of carbonyl (C=O) groups excluding carboxylic acids is 1. The van der Waals surface area contributed by atoms with Gasteiger partial charge >= 0.3 is 0 Å². The Kier molecular flexibility index (Phi) is 4.97. The molecular formula is C13H19NO3. The average Bonchev–Trinajstić information content (AvgIpc) is 2.29. The fourth-order valence-corrected chi connectivity index (χ4v) is 1.57. The van der Waals surface area contributed by atoms with Crippen LogP contribution in [0.25, 0.3) is 0 Å². The summed E-state index contributed by atoms with van der Waals surface area (Å²) in [6.45, 7) is 4.03. The van der Waals surface area contributed by atoms with E-state index in [2.05, 4.69) is 5.32 Å². The molecule has 1 aromatic carbocycles. The molecule has 0 aliphatic heterocycles. The fourth-order valence-electron chi connectivity index (χ4n) is 1.57. The molecule has 3 N–H and O–H groups in total. The molecule has 0 heterocycles. The number of amides is 1. The molecule has 1 unspecified atom stereocenters. The molecule has 0 fully saturated rings. The number of benzene rings is 1. The third-order valence-electron chi connectivity index (χ3n) is 2.52. The Hall–Kier alpha value is -1.55. The Labute approximate surface area is 101 Å². The number of nitrogens with one attached hydrogen (secondary N) is 1. The second-order valence-corrected chi connectivity index (χ2v) is 4.17. The molecule has 0 radical (unpaired) electrons. The summed E-state index contributed by atoms with van der Waals surface area (Å²) in [6, 6.07) is 4.85. The maximum absolute atomic E-state index is 11.7. The van der Waals surface area contributed by atoms with Crippen molar-refractivity contribution in [3.05, 3.63) is 29.3 Å². The molecule has 0 aliphatic rings. The van der Waals surface area contributed by atoms with Gasteiger partial charge in [-0.05, 0) is 25.5 Å². The molecular weight excluding hydrogens is 218 g/mol. The third kappa shape index (κ3) is 4.07. The summed E-state index contributed by atoms with van der Waals surface area (Å²) in [5, 5.41) is 21.6. The first kappa shape index (κ1) is 13.5. The number of phenolic OH excluding ortho intramolecular Hbond substituents is 1. The van der Waals surface area contributed by atoms with Crippen molar-refractivity contribution in [1.29, 1.82) is 0 Å². The van der Waals surface area contributed by atoms with Gasteiger partial charge in [-0.3, -0.25) is 4.79 Å². The van der Waals surface area contributed by atoms with Gasteiger partial charge < -0.3 is 15.5 Å². The number of aryl methyl sites for hydroxylation is 1. The largest absolute Gasteiger partial charge is 0.507 e. The highest BCUT2D eigenvalue weighted by Crippen LogP contribution is 2.17. The van der Waals surface area contributed by atoms with Gasteiger partial charge in [0.1, 0.15) is 5.75 Å². The molecule has 1 amide bonds. The monoisotopic (exact) mass is 237 g/mol. The molecule has 0 saturated carbocycles. The minimum absolute atomic E-state index is 0.0434. The van der Waals surface area contributed by atoms with Crippen LogP contribution in [0.3, 0.4) is 0 Å². The average molecular weight is 237 g/mol. The molecule has 1 atom stereocenters. The van der Waals surface area contributed by atoms with Crippen molar-refractivity contribution in [2.75, 3.05) is 6.54 Å². The van der Waals surface area contributed by atoms with Gasteiger partial charge in [0.15, 0.2) is 0 Å². The quantitative estimate of drug-likeness (QED) is 0.728. The molecule has 4 nitrogen and oxygen atoms in total. The van der Waals surface area contributed by atoms with Crippen LogP contribution in [0.1, 0.15) is 35.7 Å². The highest BCUT2D eigenvalue weighted by Gasteiger charge is 2.12. The van der Waals surface area contributed by atoms with Gasteiger partial charge in [-0.25, -0.2) is 0 Å². The van der Waals surface area contributed by atoms with Crippen molar-refractivity contribution >= 4 is 5.91 Å². The van der Waals surface area contributed by atoms with Crippen LogP contribution in [0, 0.1) is 6.92 Å². The lowest BCUT2D eigenvalue weighted by Gasteiger charge is -2.11. The van der Waals surface area contributed by atoms with Crippen LogP contribution in [0.5, 0.6) is 5.75 Å². The van der Waals surface area contributed by atoms with Crippen molar-refractivity contribution < 1.29 is 15.0 Å². The van der Waals surface area contributed by atoms with E-state index in [1.165, 1.54) is 6.07 Å². The number of aliphatic hydroxyl groups excluding tert-OH is 1. The van der Waals surface area contributed by atoms with Gasteiger partial charge in [0.05, 0.1) is 11.7 Å². The zero-order valence-corrected chi connectivity index (χ0v) is 10.2. The molecule has 0 bridgehead atoms. The zero-order chi connectivity index (χ0) is 12.8. The van der Waals surface area contributed by atoms with Crippen LogP contribution in [-0.4, -0.2) is 28.8 Å². The van der Waals surface area contributed by atoms with Gasteiger partial charge in [-0.2, -0.15) is 0 Å². The first-order valence-electron chi connectivity index (χ1n) is 5.80. The standard InChI is InChI=1S/C13H19NO3/c1-3-4-10(15)8-14-13(17)11-7-9(2)5-6-12(11)16/h5-7,10,15-16H,3-4,8H2,1-2H3,(H,14,17). The smallest absolute Gasteiger partial charge is 0.255 e. The van der Waals surface area contributed by atoms with E-state index in [4.69, 9.17) is 0 Å². The van der Waals surface area contributed by atoms with Crippen molar-refractivity contribution in [3.63, 3.8) is 0 Å². The Balaban J connectivity index is 2.61. The number of aromatic hydroxyl groups is 1. The maximum atomic E-state index is 11.7. The summed E-state index contributed by atoms with van der Waals surface area (Å²) in [5.74, 6) is -0.403. The van der Waals surface area contributed by atoms with Gasteiger partial charge in [-0.15, -0.1) is 0 Å². The van der Waals surface area contributed by atoms with E-state index < -0.39 is 6.10 Å². The molecule has 1 rings (SSSR count). The van der Waals surface area contributed by atoms with E-state index in [0.717, 1.165) is 12.0 Å². The van der Waals surface area contributed by atoms with Crippen molar-refractivity contribution in [2.45, 2.75) is 32.8 Å². The maximum Gasteiger partial charge on any atom is 0.255 e. The van der Waals surface area contributed by atoms with E-state index in [1.54, 1.807) is 12.1 Å². The van der Waals surface area contributed by atoms with Crippen LogP contribution >= 0.6 is 0 Å². The predicted octanol–water partition coefficient (Wildman–Crippen LogP) is 1.59. The molecule has 17 heavy (non-hydrogen) atoms. The van der Waals surface area contributed by atoms with E-state index in [0.29, 0.717) is 6.42 Å². The number of phenols is 1. The summed E-state index contributed by atoms with van der Waals surface area (Å²) in [6.07, 6.45) is 0.989. The van der Waals surface area contributed by atoms with E-state index in [9.17, 15) is 15.0 Å². The minimum atomic E-state index is -0.532. The van der Waals surface area contributed by atoms with Crippen molar-refractivity contribution in [1.82, 2.24) is 5.32 Å². The summed E-state index contributed by atoms with van der Waals surface area (Å²) < 4.78 is 0. The number of aliphatic hydroxyl groups is 1. The van der Waals surface area contributed by atoms with Gasteiger partial charge in [0.2, 0.25) is 0 Å². The van der Waals surface area contributed by atoms with Crippen LogP contribution in [0.4, 0.5) is 0 Å². The summed E-state index contributed by atoms with van der Waals surface area (Å²) in [7, 11) is 0. The Morgan fingerprint density at radius 3 is 2.82 bits per heavy atom. The first-order chi connectivity index (χ1) is 8.04. The Morgan fingerprint density at radius 1 is 1.47 bits per heavy atom. The van der Waals surface area contributed by atoms with E-state index >= 15 is 0 Å². The second-order valence-electron chi connectivity index (χ2n) is 4.17. The van der Waals surface area contributed by atoms with Crippen molar-refractivity contribution in [2.24, 2.45) is 0 Å². The van der Waals surface area contributed by atoms with Crippen LogP contribution in [0.15, 0.2) is 18.2 Å². The summed E-state index contributed by atoms with van der Waals surface area (Å²) >= 11 is 0. The predicted molar refractivity (Wildman–Crippen MR) is 66.1 cm³/mol. The highest BCUT2D eigenvalue weighted by molar-refractivity contribution is 5.96. The lowest BCUT2D eigenvalue weighted by Crippen LogP contribution is -2.32. The molecule has 0 saturated heterocycles. The Morgan fingerprint density at radius 2 is 2.18 bits per heavy atom. The molecule has 0 spiro atoms. The van der Waals surface area contributed by atoms with Gasteiger partial charge in [0.25, 0.3) is 5.91 Å². The SMILES string of the molecule is CCCC(O)CNC(=O)c1cc(C)ccc1O. The molecule has 1 aromatic rings. The Bertz CT molecular complexity index is 390. The van der Waals surface area contributed by atoms with Crippen LogP contribution < -0.4 is 5.32 Å². The lowest BCUT2D eigenvalue weighted by atomic mass is 10.1. The topological polar surface area (TPSA) is 69.6 Å². The molecule has 0 aliphatic carbocycles. The fraction of sp³-hybridized carbons (Fsp3) is 0.462. The second kappa shape index (κ2) is 6.25. The molecule has 94 valence electrons. The number of hydrogen-bond acceptors (Lipinski definition) is 3. The summed E-state index contributed by atoms with van der Waals surface area (Å²) in [4.78, 5) is 11.7. The number of rotatable bonds is 5. The summed E-state index contributed by atoms with van der Waals surface area (Å²) in [5.41, 5.74) is 1.15. The molecule has 0 aromatic heterocycles. The van der Waals surface area contributed by atoms with Crippen LogP contribution in [-0.2, 0) is 0 Å². The van der Waals surface area contributed by atoms with Crippen LogP contribution in [0.2, 0.25) is 0 Å². The number of carbonyl (C=O) groups is 1. The van der Waals surface area contributed by atoms with Gasteiger partial charge in [-0.1, -0.05) is 25.0 Å². The van der Waals surface area contributed by atoms with Crippen molar-refractivity contribution in [3.8, 4) is 5.75 Å². The third-order valence-corrected chi connectivity index (χ3v) is 2.52. The normalized spacial score (nSPS) is 12.2. The number of hydrogen-bond donors (Lipinski definition) is 3. The first-order valence-corrected chi connectivity index (χ1v) is 5.80. The van der Waals surface area contributed by atoms with E-state index in [-0.39, 0.29) is 23.8 Å². The zero-order valence-electron chi connectivity index (χ0n) is 10.2. The minimum Gasteiger partial charge on any atom is -0.507 e. The van der Waals surface area contributed by atoms with E-state index in [1.807, 2.05) is 13.8 Å². The lowest BCUT2D eigenvalue weighted by molar-refractivity contribution is 0.0907. The van der Waals surface area contributed by atoms with Gasteiger partial charge in [0, 0.05) is 6.54 Å². The highest BCUT2D eigenvalue weighted by atomic mass is 16.3.